The molecule has 1 saturated carbocycles. The monoisotopic (exact) mass is 581 g/mol. The molecule has 0 unspecified atom stereocenters. The van der Waals surface area contributed by atoms with Crippen LogP contribution in [0.4, 0.5) is 8.78 Å². The molecule has 1 fully saturated rings. The second kappa shape index (κ2) is 10.4. The van der Waals surface area contributed by atoms with E-state index in [1.165, 1.54) is 12.1 Å². The molecule has 202 valence electrons. The summed E-state index contributed by atoms with van der Waals surface area (Å²) in [7, 11) is 0. The van der Waals surface area contributed by atoms with Gasteiger partial charge in [0.15, 0.2) is 11.6 Å². The van der Waals surface area contributed by atoms with Crippen LogP contribution < -0.4 is 9.47 Å². The maximum absolute atomic E-state index is 14.8. The second-order valence-corrected chi connectivity index (χ2v) is 10.2. The number of hydrogen-bond donors (Lipinski definition) is 1. The van der Waals surface area contributed by atoms with Crippen molar-refractivity contribution in [3.63, 3.8) is 0 Å². The van der Waals surface area contributed by atoms with Crippen LogP contribution in [0.5, 0.6) is 17.2 Å². The number of carbonyl (C=O) groups is 1. The Kier molecular flexibility index (Phi) is 6.82. The molecule has 0 atom stereocenters. The largest absolute Gasteiger partial charge is 0.489 e. The number of ether oxygens (including phenoxy) is 2. The number of hydrogen-bond acceptors (Lipinski definition) is 5. The van der Waals surface area contributed by atoms with E-state index in [-0.39, 0.29) is 29.6 Å². The fourth-order valence-electron chi connectivity index (χ4n) is 4.52. The molecule has 1 aliphatic carbocycles. The van der Waals surface area contributed by atoms with Crippen molar-refractivity contribution in [2.24, 2.45) is 0 Å². The molecule has 4 aromatic carbocycles. The van der Waals surface area contributed by atoms with Crippen LogP contribution >= 0.6 is 23.2 Å². The topological polar surface area (TPSA) is 81.8 Å². The quantitative estimate of drug-likeness (QED) is 0.197. The molecular formula is C30H19Cl2F2NO5. The minimum atomic E-state index is -1.33. The predicted octanol–water partition coefficient (Wildman–Crippen LogP) is 9.03. The molecule has 40 heavy (non-hydrogen) atoms. The molecule has 10 heteroatoms. The maximum atomic E-state index is 14.8. The minimum Gasteiger partial charge on any atom is -0.489 e. The zero-order valence-corrected chi connectivity index (χ0v) is 22.1. The first kappa shape index (κ1) is 26.1. The second-order valence-electron chi connectivity index (χ2n) is 9.34. The molecule has 0 bridgehead atoms. The predicted molar refractivity (Wildman–Crippen MR) is 146 cm³/mol. The van der Waals surface area contributed by atoms with Gasteiger partial charge in [-0.25, -0.2) is 13.6 Å². The van der Waals surface area contributed by atoms with Gasteiger partial charge in [0.1, 0.15) is 40.9 Å². The third-order valence-electron chi connectivity index (χ3n) is 6.63. The third-order valence-corrected chi connectivity index (χ3v) is 7.26. The first-order chi connectivity index (χ1) is 19.3. The number of halogens is 4. The fraction of sp³-hybridized carbons (Fsp3) is 0.133. The van der Waals surface area contributed by atoms with Crippen LogP contribution in [-0.2, 0) is 6.61 Å². The molecule has 1 aromatic heterocycles. The molecular weight excluding hydrogens is 563 g/mol. The van der Waals surface area contributed by atoms with E-state index in [2.05, 4.69) is 5.16 Å². The van der Waals surface area contributed by atoms with Crippen LogP contribution in [0.1, 0.15) is 40.4 Å². The summed E-state index contributed by atoms with van der Waals surface area (Å²) in [6.45, 7) is 0.119. The third kappa shape index (κ3) is 4.96. The van der Waals surface area contributed by atoms with E-state index < -0.39 is 17.6 Å². The Balaban J connectivity index is 1.32. The minimum absolute atomic E-state index is 0.119. The SMILES string of the molecule is O=C(O)c1ccc(F)cc1Oc1c(F)ccc2cc(OCc3c(-c4c(Cl)cccc4Cl)noc3C3CC3)ccc12. The van der Waals surface area contributed by atoms with E-state index >= 15 is 0 Å². The molecule has 0 saturated heterocycles. The van der Waals surface area contributed by atoms with Gasteiger partial charge in [0, 0.05) is 22.9 Å². The van der Waals surface area contributed by atoms with Crippen molar-refractivity contribution in [1.29, 1.82) is 0 Å². The highest BCUT2D eigenvalue weighted by Crippen LogP contribution is 2.46. The van der Waals surface area contributed by atoms with Crippen molar-refractivity contribution in [1.82, 2.24) is 5.16 Å². The van der Waals surface area contributed by atoms with E-state index in [1.807, 2.05) is 0 Å². The lowest BCUT2D eigenvalue weighted by atomic mass is 10.0. The summed E-state index contributed by atoms with van der Waals surface area (Å²) in [6.07, 6.45) is 1.97. The molecule has 0 spiro atoms. The van der Waals surface area contributed by atoms with Gasteiger partial charge in [-0.15, -0.1) is 0 Å². The van der Waals surface area contributed by atoms with Crippen LogP contribution in [-0.4, -0.2) is 16.2 Å². The average molecular weight is 582 g/mol. The lowest BCUT2D eigenvalue weighted by Gasteiger charge is -2.14. The van der Waals surface area contributed by atoms with Crippen LogP contribution in [0.3, 0.4) is 0 Å². The van der Waals surface area contributed by atoms with Crippen molar-refractivity contribution in [2.75, 3.05) is 0 Å². The van der Waals surface area contributed by atoms with Gasteiger partial charge in [0.05, 0.1) is 15.6 Å². The van der Waals surface area contributed by atoms with Gasteiger partial charge in [-0.05, 0) is 66.8 Å². The summed E-state index contributed by atoms with van der Waals surface area (Å²) in [5.74, 6) is -1.88. The molecule has 5 aromatic rings. The van der Waals surface area contributed by atoms with Crippen molar-refractivity contribution < 1.29 is 32.7 Å². The van der Waals surface area contributed by atoms with Crippen molar-refractivity contribution in [3.05, 3.63) is 105 Å². The normalized spacial score (nSPS) is 13.0. The van der Waals surface area contributed by atoms with E-state index in [1.54, 1.807) is 36.4 Å². The van der Waals surface area contributed by atoms with Gasteiger partial charge >= 0.3 is 5.97 Å². The molecule has 1 heterocycles. The van der Waals surface area contributed by atoms with Crippen LogP contribution in [0.25, 0.3) is 22.0 Å². The maximum Gasteiger partial charge on any atom is 0.339 e. The lowest BCUT2D eigenvalue weighted by Crippen LogP contribution is -2.02. The highest BCUT2D eigenvalue weighted by molar-refractivity contribution is 6.39. The molecule has 0 aliphatic heterocycles. The average Bonchev–Trinajstić information content (AvgIpc) is 3.69. The summed E-state index contributed by atoms with van der Waals surface area (Å²) in [6, 6.07) is 15.8. The van der Waals surface area contributed by atoms with Gasteiger partial charge in [-0.3, -0.25) is 0 Å². The lowest BCUT2D eigenvalue weighted by molar-refractivity contribution is 0.0694. The van der Waals surface area contributed by atoms with Crippen LogP contribution in [0.15, 0.2) is 71.3 Å². The van der Waals surface area contributed by atoms with Gasteiger partial charge in [0.2, 0.25) is 0 Å². The summed E-state index contributed by atoms with van der Waals surface area (Å²) in [5.41, 5.74) is 1.52. The summed E-state index contributed by atoms with van der Waals surface area (Å²) < 4.78 is 46.1. The Hall–Kier alpha value is -4.14. The Labute approximate surface area is 236 Å². The number of rotatable bonds is 8. The highest BCUT2D eigenvalue weighted by Gasteiger charge is 2.33. The van der Waals surface area contributed by atoms with Crippen molar-refractivity contribution >= 4 is 39.9 Å². The number of nitrogens with zero attached hydrogens (tertiary/aromatic N) is 1. The number of carboxylic acid groups (broad SMARTS) is 1. The van der Waals surface area contributed by atoms with Crippen molar-refractivity contribution in [2.45, 2.75) is 25.4 Å². The fourth-order valence-corrected chi connectivity index (χ4v) is 5.09. The number of benzene rings is 4. The molecule has 1 N–H and O–H groups in total. The van der Waals surface area contributed by atoms with E-state index in [9.17, 15) is 18.7 Å². The van der Waals surface area contributed by atoms with Gasteiger partial charge in [-0.2, -0.15) is 0 Å². The Morgan fingerprint density at radius 3 is 2.52 bits per heavy atom. The first-order valence-electron chi connectivity index (χ1n) is 12.3. The Bertz CT molecular complexity index is 1760. The zero-order chi connectivity index (χ0) is 28.0. The van der Waals surface area contributed by atoms with Crippen LogP contribution in [0, 0.1) is 11.6 Å². The summed E-state index contributed by atoms with van der Waals surface area (Å²) >= 11 is 12.9. The smallest absolute Gasteiger partial charge is 0.339 e. The summed E-state index contributed by atoms with van der Waals surface area (Å²) in [5, 5.41) is 15.5. The van der Waals surface area contributed by atoms with Gasteiger partial charge < -0.3 is 19.1 Å². The molecule has 0 amide bonds. The molecule has 6 nitrogen and oxygen atoms in total. The number of carboxylic acids is 1. The van der Waals surface area contributed by atoms with E-state index in [0.29, 0.717) is 37.8 Å². The van der Waals surface area contributed by atoms with E-state index in [4.69, 9.17) is 37.2 Å². The first-order valence-corrected chi connectivity index (χ1v) is 13.0. The molecule has 0 radical (unpaired) electrons. The number of aromatic carboxylic acids is 1. The van der Waals surface area contributed by atoms with Crippen molar-refractivity contribution in [3.8, 4) is 28.5 Å². The molecule has 6 rings (SSSR count). The Morgan fingerprint density at radius 1 is 1.02 bits per heavy atom. The molecule has 1 aliphatic rings. The standard InChI is InChI=1S/C30H19Cl2F2NO5/c31-22-2-1-3-23(32)26(22)27-21(28(40-35-27)15-4-5-15)14-38-18-8-10-19-16(12-18)6-11-24(34)29(19)39-25-13-17(33)7-9-20(25)30(36)37/h1-3,6-13,15H,4-5,14H2,(H,36,37). The van der Waals surface area contributed by atoms with Crippen LogP contribution in [0.2, 0.25) is 10.0 Å². The highest BCUT2D eigenvalue weighted by atomic mass is 35.5. The van der Waals surface area contributed by atoms with Gasteiger partial charge in [-0.1, -0.05) is 40.5 Å². The van der Waals surface area contributed by atoms with E-state index in [0.717, 1.165) is 42.4 Å². The number of aromatic nitrogens is 1. The summed E-state index contributed by atoms with van der Waals surface area (Å²) in [4.78, 5) is 11.6. The van der Waals surface area contributed by atoms with Gasteiger partial charge in [0.25, 0.3) is 0 Å². The Morgan fingerprint density at radius 2 is 1.80 bits per heavy atom. The zero-order valence-electron chi connectivity index (χ0n) is 20.6. The number of fused-ring (bicyclic) bond motifs is 1.